The standard InChI is InChI=1S/C44H82O10/c1-3-5-7-9-11-12-13-14-15-16-17-18-19-20-21-22-23-24-25-26-27-29-31-33-40(47)53-37(35-51-39(46)32-30-28-10-8-6-4-2)36-52-44-43(50)42(49)41(48)38(34-45)54-44/h16-17,37-38,41-45,48-50H,3-15,18-36H2,1-2H3/b17-16-. The van der Waals surface area contributed by atoms with Crippen molar-refractivity contribution in [2.24, 2.45) is 0 Å². The van der Waals surface area contributed by atoms with Crippen molar-refractivity contribution in [1.82, 2.24) is 0 Å². The lowest BCUT2D eigenvalue weighted by molar-refractivity contribution is -0.305. The van der Waals surface area contributed by atoms with Gasteiger partial charge in [0.25, 0.3) is 0 Å². The molecule has 1 aliphatic heterocycles. The van der Waals surface area contributed by atoms with Crippen LogP contribution in [-0.2, 0) is 28.5 Å². The molecule has 0 saturated carbocycles. The molecular weight excluding hydrogens is 688 g/mol. The van der Waals surface area contributed by atoms with E-state index in [4.69, 9.17) is 18.9 Å². The van der Waals surface area contributed by atoms with Gasteiger partial charge in [0.2, 0.25) is 0 Å². The minimum atomic E-state index is -1.59. The highest BCUT2D eigenvalue weighted by Crippen LogP contribution is 2.23. The van der Waals surface area contributed by atoms with Crippen LogP contribution in [0.5, 0.6) is 0 Å². The van der Waals surface area contributed by atoms with Crippen molar-refractivity contribution in [2.45, 2.75) is 237 Å². The molecule has 1 aliphatic rings. The summed E-state index contributed by atoms with van der Waals surface area (Å²) in [4.78, 5) is 25.1. The number of hydrogen-bond donors (Lipinski definition) is 4. The number of carbonyl (C=O) groups excluding carboxylic acids is 2. The molecule has 6 unspecified atom stereocenters. The first-order valence-electron chi connectivity index (χ1n) is 22.3. The second kappa shape index (κ2) is 35.8. The fourth-order valence-corrected chi connectivity index (χ4v) is 6.83. The van der Waals surface area contributed by atoms with Gasteiger partial charge in [-0.3, -0.25) is 9.59 Å². The molecule has 1 fully saturated rings. The molecule has 0 aromatic heterocycles. The molecule has 0 aliphatic carbocycles. The number of esters is 2. The van der Waals surface area contributed by atoms with Gasteiger partial charge < -0.3 is 39.4 Å². The molecule has 10 heteroatoms. The van der Waals surface area contributed by atoms with Gasteiger partial charge >= 0.3 is 11.9 Å². The summed E-state index contributed by atoms with van der Waals surface area (Å²) >= 11 is 0. The molecule has 0 spiro atoms. The zero-order valence-electron chi connectivity index (χ0n) is 34.5. The van der Waals surface area contributed by atoms with Crippen molar-refractivity contribution in [2.75, 3.05) is 19.8 Å². The Morgan fingerprint density at radius 3 is 1.44 bits per heavy atom. The first kappa shape index (κ1) is 50.5. The molecule has 10 nitrogen and oxygen atoms in total. The molecule has 1 heterocycles. The Hall–Kier alpha value is -1.56. The quantitative estimate of drug-likeness (QED) is 0.0273. The van der Waals surface area contributed by atoms with E-state index < -0.39 is 49.4 Å². The van der Waals surface area contributed by atoms with Gasteiger partial charge in [-0.2, -0.15) is 0 Å². The molecule has 0 aromatic carbocycles. The van der Waals surface area contributed by atoms with E-state index in [9.17, 15) is 30.0 Å². The number of allylic oxidation sites excluding steroid dienone is 2. The van der Waals surface area contributed by atoms with Gasteiger partial charge in [0, 0.05) is 12.8 Å². The summed E-state index contributed by atoms with van der Waals surface area (Å²) in [6.45, 7) is 3.36. The number of hydrogen-bond acceptors (Lipinski definition) is 10. The van der Waals surface area contributed by atoms with Crippen LogP contribution >= 0.6 is 0 Å². The molecule has 0 bridgehead atoms. The summed E-state index contributed by atoms with van der Waals surface area (Å²) in [7, 11) is 0. The van der Waals surface area contributed by atoms with Gasteiger partial charge in [-0.25, -0.2) is 0 Å². The highest BCUT2D eigenvalue weighted by molar-refractivity contribution is 5.70. The Balaban J connectivity index is 2.19. The molecule has 1 rings (SSSR count). The van der Waals surface area contributed by atoms with Crippen LogP contribution in [-0.4, -0.2) is 89.0 Å². The van der Waals surface area contributed by atoms with Crippen LogP contribution < -0.4 is 0 Å². The maximum absolute atomic E-state index is 12.7. The summed E-state index contributed by atoms with van der Waals surface area (Å²) in [5.41, 5.74) is 0. The lowest BCUT2D eigenvalue weighted by atomic mass is 9.99. The summed E-state index contributed by atoms with van der Waals surface area (Å²) in [5, 5.41) is 39.9. The van der Waals surface area contributed by atoms with Crippen molar-refractivity contribution in [1.29, 1.82) is 0 Å². The van der Waals surface area contributed by atoms with E-state index >= 15 is 0 Å². The third-order valence-corrected chi connectivity index (χ3v) is 10.4. The van der Waals surface area contributed by atoms with Crippen LogP contribution in [0.2, 0.25) is 0 Å². The van der Waals surface area contributed by atoms with Crippen LogP contribution in [0.3, 0.4) is 0 Å². The van der Waals surface area contributed by atoms with Crippen molar-refractivity contribution in [3.8, 4) is 0 Å². The Morgan fingerprint density at radius 1 is 0.556 bits per heavy atom. The Bertz CT molecular complexity index is 897. The highest BCUT2D eigenvalue weighted by Gasteiger charge is 2.44. The molecule has 0 radical (unpaired) electrons. The number of unbranched alkanes of at least 4 members (excludes halogenated alkanes) is 24. The smallest absolute Gasteiger partial charge is 0.306 e. The molecular formula is C44H82O10. The van der Waals surface area contributed by atoms with E-state index in [2.05, 4.69) is 26.0 Å². The van der Waals surface area contributed by atoms with Crippen molar-refractivity contribution in [3.63, 3.8) is 0 Å². The summed E-state index contributed by atoms with van der Waals surface area (Å²) in [5.74, 6) is -0.810. The van der Waals surface area contributed by atoms with Gasteiger partial charge in [-0.15, -0.1) is 0 Å². The highest BCUT2D eigenvalue weighted by atomic mass is 16.7. The predicted molar refractivity (Wildman–Crippen MR) is 215 cm³/mol. The lowest BCUT2D eigenvalue weighted by Gasteiger charge is -2.39. The normalized spacial score (nSPS) is 20.7. The van der Waals surface area contributed by atoms with E-state index in [1.54, 1.807) is 0 Å². The summed E-state index contributed by atoms with van der Waals surface area (Å²) < 4.78 is 22.0. The second-order valence-electron chi connectivity index (χ2n) is 15.5. The monoisotopic (exact) mass is 771 g/mol. The Morgan fingerprint density at radius 2 is 0.981 bits per heavy atom. The predicted octanol–water partition coefficient (Wildman–Crippen LogP) is 9.17. The third-order valence-electron chi connectivity index (χ3n) is 10.4. The van der Waals surface area contributed by atoms with Crippen molar-refractivity contribution in [3.05, 3.63) is 12.2 Å². The van der Waals surface area contributed by atoms with E-state index in [1.807, 2.05) is 0 Å². The number of aliphatic hydroxyl groups excluding tert-OH is 4. The zero-order chi connectivity index (χ0) is 39.5. The molecule has 4 N–H and O–H groups in total. The topological polar surface area (TPSA) is 152 Å². The summed E-state index contributed by atoms with van der Waals surface area (Å²) in [6, 6.07) is 0. The molecule has 6 atom stereocenters. The average molecular weight is 771 g/mol. The van der Waals surface area contributed by atoms with Crippen LogP contribution in [0.15, 0.2) is 12.2 Å². The van der Waals surface area contributed by atoms with Crippen molar-refractivity contribution < 1.29 is 49.0 Å². The van der Waals surface area contributed by atoms with E-state index in [-0.39, 0.29) is 32.0 Å². The largest absolute Gasteiger partial charge is 0.462 e. The van der Waals surface area contributed by atoms with Crippen LogP contribution in [0.1, 0.15) is 200 Å². The van der Waals surface area contributed by atoms with Crippen LogP contribution in [0.25, 0.3) is 0 Å². The maximum Gasteiger partial charge on any atom is 0.306 e. The fourth-order valence-electron chi connectivity index (χ4n) is 6.83. The van der Waals surface area contributed by atoms with Gasteiger partial charge in [0.15, 0.2) is 12.4 Å². The maximum atomic E-state index is 12.7. The van der Waals surface area contributed by atoms with E-state index in [0.717, 1.165) is 51.4 Å². The molecule has 0 amide bonds. The Kier molecular flexibility index (Phi) is 33.5. The minimum absolute atomic E-state index is 0.214. The van der Waals surface area contributed by atoms with E-state index in [0.29, 0.717) is 6.42 Å². The second-order valence-corrected chi connectivity index (χ2v) is 15.5. The van der Waals surface area contributed by atoms with Crippen LogP contribution in [0.4, 0.5) is 0 Å². The fraction of sp³-hybridized carbons (Fsp3) is 0.909. The molecule has 1 saturated heterocycles. The summed E-state index contributed by atoms with van der Waals surface area (Å²) in [6.07, 6.45) is 29.8. The first-order chi connectivity index (χ1) is 26.3. The lowest BCUT2D eigenvalue weighted by Crippen LogP contribution is -2.59. The number of rotatable bonds is 37. The average Bonchev–Trinajstić information content (AvgIpc) is 3.17. The van der Waals surface area contributed by atoms with Gasteiger partial charge in [-0.05, 0) is 38.5 Å². The van der Waals surface area contributed by atoms with Crippen molar-refractivity contribution >= 4 is 11.9 Å². The Labute approximate surface area is 329 Å². The van der Waals surface area contributed by atoms with Crippen LogP contribution in [0, 0.1) is 0 Å². The SMILES string of the molecule is CCCCCCCCCC/C=C\CCCCCCCCCCCCCC(=O)OC(COC(=O)CCCCCCCC)COC1OC(CO)C(O)C(O)C1O. The number of carbonyl (C=O) groups is 2. The van der Waals surface area contributed by atoms with Gasteiger partial charge in [0.05, 0.1) is 13.2 Å². The van der Waals surface area contributed by atoms with Gasteiger partial charge in [0.1, 0.15) is 31.0 Å². The minimum Gasteiger partial charge on any atom is -0.462 e. The van der Waals surface area contributed by atoms with Gasteiger partial charge in [-0.1, -0.05) is 161 Å². The molecule has 54 heavy (non-hydrogen) atoms. The first-order valence-corrected chi connectivity index (χ1v) is 22.3. The number of aliphatic hydroxyl groups is 4. The third kappa shape index (κ3) is 27.1. The zero-order valence-corrected chi connectivity index (χ0v) is 34.5. The molecule has 0 aromatic rings. The van der Waals surface area contributed by atoms with E-state index in [1.165, 1.54) is 116 Å². The molecule has 318 valence electrons. The number of ether oxygens (including phenoxy) is 4.